The van der Waals surface area contributed by atoms with Crippen molar-refractivity contribution in [2.75, 3.05) is 38.1 Å². The number of halogens is 1. The lowest BCUT2D eigenvalue weighted by Crippen LogP contribution is -2.34. The molecule has 1 atom stereocenters. The van der Waals surface area contributed by atoms with Crippen LogP contribution in [0.1, 0.15) is 42.5 Å². The maximum absolute atomic E-state index is 15.3. The number of fused-ring (bicyclic) bond motifs is 5. The minimum absolute atomic E-state index is 0.0242. The van der Waals surface area contributed by atoms with Crippen LogP contribution in [-0.4, -0.2) is 64.0 Å². The molecular weight excluding hydrogens is 459 g/mol. The number of hydrogen-bond acceptors (Lipinski definition) is 5. The highest BCUT2D eigenvalue weighted by molar-refractivity contribution is 6.05. The highest BCUT2D eigenvalue weighted by atomic mass is 19.1. The number of para-hydroxylation sites is 2. The lowest BCUT2D eigenvalue weighted by molar-refractivity contribution is 0.0950. The number of nitrogens with one attached hydrogen (secondary N) is 1. The van der Waals surface area contributed by atoms with E-state index in [0.717, 1.165) is 62.8 Å². The molecule has 0 saturated carbocycles. The number of benzene rings is 1. The normalized spacial score (nSPS) is 18.8. The molecule has 6 rings (SSSR count). The van der Waals surface area contributed by atoms with Crippen molar-refractivity contribution in [2.24, 2.45) is 7.05 Å². The predicted molar refractivity (Wildman–Crippen MR) is 139 cm³/mol. The van der Waals surface area contributed by atoms with Crippen LogP contribution in [0.5, 0.6) is 0 Å². The van der Waals surface area contributed by atoms with E-state index in [1.54, 1.807) is 0 Å². The zero-order valence-electron chi connectivity index (χ0n) is 20.8. The number of carbonyl (C=O) groups is 1. The molecule has 0 radical (unpaired) electrons. The molecule has 5 heterocycles. The van der Waals surface area contributed by atoms with E-state index in [1.807, 2.05) is 45.2 Å². The number of nitrogens with zero attached hydrogens (tertiary/aromatic N) is 5. The van der Waals surface area contributed by atoms with Crippen molar-refractivity contribution in [2.45, 2.75) is 38.1 Å². The first kappa shape index (κ1) is 23.0. The van der Waals surface area contributed by atoms with Crippen molar-refractivity contribution in [3.63, 3.8) is 0 Å². The molecule has 2 aliphatic rings. The first-order valence-corrected chi connectivity index (χ1v) is 12.8. The standard InChI is InChI=1S/C27H31FN6O2/c1-31-13-7-8-17(31)11-12-29-26(36)22-23(35)18-16-19(28)25(33-14-5-6-15-33)30-24(18)34-21-10-4-3-9-20(21)32(2)27(22)34/h3-4,9-10,16-17H,5-8,11-15H2,1-2H3,(H,29,36). The molecule has 1 amide bonds. The van der Waals surface area contributed by atoms with Gasteiger partial charge in [-0.3, -0.25) is 14.0 Å². The molecule has 9 heteroatoms. The average Bonchev–Trinajstić information content (AvgIpc) is 3.61. The molecule has 4 aromatic rings. The largest absolute Gasteiger partial charge is 0.354 e. The van der Waals surface area contributed by atoms with Crippen molar-refractivity contribution >= 4 is 39.4 Å². The number of pyridine rings is 2. The van der Waals surface area contributed by atoms with Gasteiger partial charge in [0.1, 0.15) is 11.2 Å². The summed E-state index contributed by atoms with van der Waals surface area (Å²) in [5.74, 6) is -0.702. The number of aryl methyl sites for hydroxylation is 1. The molecule has 8 nitrogen and oxygen atoms in total. The van der Waals surface area contributed by atoms with Crippen LogP contribution in [0.15, 0.2) is 35.1 Å². The van der Waals surface area contributed by atoms with Gasteiger partial charge in [0.15, 0.2) is 17.3 Å². The van der Waals surface area contributed by atoms with Crippen LogP contribution >= 0.6 is 0 Å². The van der Waals surface area contributed by atoms with Gasteiger partial charge in [0.05, 0.1) is 16.4 Å². The third-order valence-electron chi connectivity index (χ3n) is 7.93. The van der Waals surface area contributed by atoms with Gasteiger partial charge in [-0.15, -0.1) is 0 Å². The Morgan fingerprint density at radius 3 is 2.58 bits per heavy atom. The fourth-order valence-electron chi connectivity index (χ4n) is 5.99. The predicted octanol–water partition coefficient (Wildman–Crippen LogP) is 3.29. The molecule has 0 spiro atoms. The Bertz CT molecular complexity index is 1550. The monoisotopic (exact) mass is 490 g/mol. The highest BCUT2D eigenvalue weighted by Crippen LogP contribution is 2.29. The molecule has 2 aliphatic heterocycles. The van der Waals surface area contributed by atoms with Crippen LogP contribution in [-0.2, 0) is 7.05 Å². The second-order valence-corrected chi connectivity index (χ2v) is 10.1. The van der Waals surface area contributed by atoms with Gasteiger partial charge in [-0.25, -0.2) is 9.37 Å². The topological polar surface area (TPSA) is 74.9 Å². The van der Waals surface area contributed by atoms with Gasteiger partial charge < -0.3 is 19.7 Å². The number of hydrogen-bond donors (Lipinski definition) is 1. The van der Waals surface area contributed by atoms with Crippen LogP contribution in [0.3, 0.4) is 0 Å². The second kappa shape index (κ2) is 8.89. The summed E-state index contributed by atoms with van der Waals surface area (Å²) < 4.78 is 18.9. The Hall–Kier alpha value is -3.46. The van der Waals surface area contributed by atoms with Crippen molar-refractivity contribution < 1.29 is 9.18 Å². The molecule has 1 unspecified atom stereocenters. The fourth-order valence-corrected chi connectivity index (χ4v) is 5.99. The van der Waals surface area contributed by atoms with Crippen molar-refractivity contribution in [1.82, 2.24) is 24.2 Å². The highest BCUT2D eigenvalue weighted by Gasteiger charge is 2.27. The van der Waals surface area contributed by atoms with E-state index in [4.69, 9.17) is 4.98 Å². The third-order valence-corrected chi connectivity index (χ3v) is 7.93. The molecule has 2 saturated heterocycles. The van der Waals surface area contributed by atoms with E-state index in [-0.39, 0.29) is 16.8 Å². The summed E-state index contributed by atoms with van der Waals surface area (Å²) in [5, 5.41) is 3.09. The van der Waals surface area contributed by atoms with E-state index in [9.17, 15) is 9.59 Å². The Morgan fingerprint density at radius 2 is 1.86 bits per heavy atom. The van der Waals surface area contributed by atoms with E-state index in [1.165, 1.54) is 6.07 Å². The smallest absolute Gasteiger partial charge is 0.259 e. The molecule has 36 heavy (non-hydrogen) atoms. The number of anilines is 1. The third kappa shape index (κ3) is 3.56. The van der Waals surface area contributed by atoms with Gasteiger partial charge >= 0.3 is 0 Å². The molecular formula is C27H31FN6O2. The summed E-state index contributed by atoms with van der Waals surface area (Å²) in [6.45, 7) is 3.01. The number of likely N-dealkylation sites (tertiary alicyclic amines) is 1. The zero-order valence-corrected chi connectivity index (χ0v) is 20.8. The van der Waals surface area contributed by atoms with Gasteiger partial charge in [-0.05, 0) is 63.9 Å². The maximum Gasteiger partial charge on any atom is 0.259 e. The molecule has 1 N–H and O–H groups in total. The molecule has 0 aliphatic carbocycles. The number of aromatic nitrogens is 3. The number of carbonyl (C=O) groups excluding carboxylic acids is 1. The zero-order chi connectivity index (χ0) is 25.0. The summed E-state index contributed by atoms with van der Waals surface area (Å²) >= 11 is 0. The van der Waals surface area contributed by atoms with Crippen molar-refractivity contribution in [3.8, 4) is 0 Å². The van der Waals surface area contributed by atoms with Crippen LogP contribution < -0.4 is 15.6 Å². The maximum atomic E-state index is 15.3. The van der Waals surface area contributed by atoms with E-state index in [0.29, 0.717) is 23.9 Å². The Morgan fingerprint density at radius 1 is 1.11 bits per heavy atom. The lowest BCUT2D eigenvalue weighted by atomic mass is 10.1. The molecule has 2 fully saturated rings. The molecule has 3 aromatic heterocycles. The number of imidazole rings is 1. The Labute approximate surface area is 208 Å². The summed E-state index contributed by atoms with van der Waals surface area (Å²) in [4.78, 5) is 36.2. The van der Waals surface area contributed by atoms with Crippen molar-refractivity contribution in [3.05, 3.63) is 51.9 Å². The van der Waals surface area contributed by atoms with Gasteiger partial charge in [-0.2, -0.15) is 0 Å². The molecule has 0 bridgehead atoms. The molecule has 188 valence electrons. The minimum atomic E-state index is -0.530. The van der Waals surface area contributed by atoms with E-state index >= 15 is 4.39 Å². The first-order chi connectivity index (χ1) is 17.5. The quantitative estimate of drug-likeness (QED) is 0.465. The first-order valence-electron chi connectivity index (χ1n) is 12.8. The van der Waals surface area contributed by atoms with Crippen molar-refractivity contribution in [1.29, 1.82) is 0 Å². The summed E-state index contributed by atoms with van der Waals surface area (Å²) in [6.07, 6.45) is 5.07. The van der Waals surface area contributed by atoms with E-state index < -0.39 is 17.2 Å². The van der Waals surface area contributed by atoms with Gasteiger partial charge in [0.25, 0.3) is 5.91 Å². The Balaban J connectivity index is 1.53. The number of amides is 1. The number of rotatable bonds is 5. The summed E-state index contributed by atoms with van der Waals surface area (Å²) in [7, 11) is 3.95. The fraction of sp³-hybridized carbons (Fsp3) is 0.444. The van der Waals surface area contributed by atoms with E-state index in [2.05, 4.69) is 17.3 Å². The Kier molecular flexibility index (Phi) is 5.67. The lowest BCUT2D eigenvalue weighted by Gasteiger charge is -2.19. The molecule has 1 aromatic carbocycles. The second-order valence-electron chi connectivity index (χ2n) is 10.1. The summed E-state index contributed by atoms with van der Waals surface area (Å²) in [6, 6.07) is 9.41. The minimum Gasteiger partial charge on any atom is -0.354 e. The van der Waals surface area contributed by atoms with Crippen LogP contribution in [0.25, 0.3) is 27.7 Å². The average molecular weight is 491 g/mol. The van der Waals surface area contributed by atoms with Gasteiger partial charge in [0, 0.05) is 32.7 Å². The van der Waals surface area contributed by atoms with Gasteiger partial charge in [0.2, 0.25) is 5.43 Å². The SMILES string of the molecule is CN1CCCC1CCNC(=O)c1c(=O)c2cc(F)c(N3CCCC3)nc2n2c3ccccc3n(C)c12. The van der Waals surface area contributed by atoms with Gasteiger partial charge in [-0.1, -0.05) is 12.1 Å². The summed E-state index contributed by atoms with van der Waals surface area (Å²) in [5.41, 5.74) is 2.05. The van der Waals surface area contributed by atoms with Crippen LogP contribution in [0.4, 0.5) is 10.2 Å². The van der Waals surface area contributed by atoms with Crippen LogP contribution in [0.2, 0.25) is 0 Å². The van der Waals surface area contributed by atoms with Crippen LogP contribution in [0, 0.1) is 5.82 Å².